The van der Waals surface area contributed by atoms with Crippen molar-refractivity contribution in [3.8, 4) is 5.75 Å². The molecule has 2 unspecified atom stereocenters. The zero-order chi connectivity index (χ0) is 26.1. The van der Waals surface area contributed by atoms with Gasteiger partial charge in [0.2, 0.25) is 6.10 Å². The van der Waals surface area contributed by atoms with Gasteiger partial charge in [0, 0.05) is 5.56 Å². The summed E-state index contributed by atoms with van der Waals surface area (Å²) in [5, 5.41) is 6.51. The number of carbonyl (C=O) groups excluding carboxylic acids is 1. The maximum absolute atomic E-state index is 13.1. The van der Waals surface area contributed by atoms with Gasteiger partial charge in [0.25, 0.3) is 0 Å². The molecule has 2 aromatic rings. The monoisotopic (exact) mass is 487 g/mol. The Morgan fingerprint density at radius 2 is 1.67 bits per heavy atom. The zero-order valence-corrected chi connectivity index (χ0v) is 22.3. The van der Waals surface area contributed by atoms with E-state index in [0.29, 0.717) is 5.75 Å². The Bertz CT molecular complexity index is 1200. The number of hydrazone groups is 1. The number of nitrogens with one attached hydrogen (secondary N) is 1. The summed E-state index contributed by atoms with van der Waals surface area (Å²) in [6.45, 7) is 15.1. The maximum atomic E-state index is 13.1. The van der Waals surface area contributed by atoms with Crippen LogP contribution in [0.5, 0.6) is 5.75 Å². The van der Waals surface area contributed by atoms with Gasteiger partial charge >= 0.3 is 5.97 Å². The van der Waals surface area contributed by atoms with Crippen LogP contribution in [0.4, 0.5) is 5.69 Å². The fraction of sp³-hybridized carbons (Fsp3) is 0.400. The second-order valence-corrected chi connectivity index (χ2v) is 11.2. The highest BCUT2D eigenvalue weighted by molar-refractivity contribution is 6.04. The Morgan fingerprint density at radius 3 is 2.28 bits per heavy atom. The Hall–Kier alpha value is -3.38. The standard InChI is InChI=1S/C30H37N3O3/c1-8-35-28(34)27(20-13-15-21(16-14-20)29(2,3)4)36-26-18-17-22(30(5,6)7)19-25(26)33-31-23-11-9-10-12-24(23)32-33/h9-19,23,27,31H,8H2,1-7H3. The van der Waals surface area contributed by atoms with Crippen molar-refractivity contribution in [3.63, 3.8) is 0 Å². The van der Waals surface area contributed by atoms with Gasteiger partial charge < -0.3 is 9.47 Å². The zero-order valence-electron chi connectivity index (χ0n) is 22.3. The molecular weight excluding hydrogens is 450 g/mol. The van der Waals surface area contributed by atoms with Crippen molar-refractivity contribution in [2.75, 3.05) is 11.7 Å². The van der Waals surface area contributed by atoms with Gasteiger partial charge in [0.1, 0.15) is 11.4 Å². The van der Waals surface area contributed by atoms with Gasteiger partial charge in [-0.3, -0.25) is 0 Å². The molecule has 1 heterocycles. The third kappa shape index (κ3) is 5.54. The fourth-order valence-corrected chi connectivity index (χ4v) is 4.14. The molecule has 190 valence electrons. The van der Waals surface area contributed by atoms with Crippen molar-refractivity contribution >= 4 is 17.4 Å². The number of hydrogen-bond acceptors (Lipinski definition) is 6. The van der Waals surface area contributed by atoms with Crippen LogP contribution in [0.15, 0.2) is 71.9 Å². The summed E-state index contributed by atoms with van der Waals surface area (Å²) in [6, 6.07) is 14.0. The van der Waals surface area contributed by atoms with Crippen LogP contribution in [0.2, 0.25) is 0 Å². The molecule has 0 spiro atoms. The van der Waals surface area contributed by atoms with Crippen molar-refractivity contribution in [3.05, 3.63) is 83.5 Å². The highest BCUT2D eigenvalue weighted by Crippen LogP contribution is 2.38. The molecule has 2 aliphatic rings. The van der Waals surface area contributed by atoms with E-state index >= 15 is 0 Å². The molecule has 0 aromatic heterocycles. The summed E-state index contributed by atoms with van der Waals surface area (Å²) in [4.78, 5) is 13.1. The first-order chi connectivity index (χ1) is 17.0. The van der Waals surface area contributed by atoms with E-state index < -0.39 is 12.1 Å². The summed E-state index contributed by atoms with van der Waals surface area (Å²) >= 11 is 0. The van der Waals surface area contributed by atoms with Gasteiger partial charge in [-0.2, -0.15) is 15.6 Å². The Kier molecular flexibility index (Phi) is 7.10. The number of esters is 1. The summed E-state index contributed by atoms with van der Waals surface area (Å²) < 4.78 is 11.9. The number of anilines is 1. The van der Waals surface area contributed by atoms with Gasteiger partial charge in [0.05, 0.1) is 18.4 Å². The lowest BCUT2D eigenvalue weighted by Gasteiger charge is -2.27. The molecule has 0 saturated carbocycles. The van der Waals surface area contributed by atoms with Crippen molar-refractivity contribution in [1.82, 2.24) is 5.43 Å². The molecule has 4 rings (SSSR count). The minimum absolute atomic E-state index is 0.00746. The molecule has 2 aromatic carbocycles. The predicted octanol–water partition coefficient (Wildman–Crippen LogP) is 6.14. The number of allylic oxidation sites excluding steroid dienone is 2. The van der Waals surface area contributed by atoms with Crippen LogP contribution >= 0.6 is 0 Å². The van der Waals surface area contributed by atoms with Gasteiger partial charge in [-0.15, -0.1) is 0 Å². The van der Waals surface area contributed by atoms with Crippen molar-refractivity contribution in [2.45, 2.75) is 71.4 Å². The van der Waals surface area contributed by atoms with Crippen LogP contribution in [-0.4, -0.2) is 24.3 Å². The molecule has 0 saturated heterocycles. The van der Waals surface area contributed by atoms with Crippen LogP contribution in [0.3, 0.4) is 0 Å². The second kappa shape index (κ2) is 9.94. The van der Waals surface area contributed by atoms with E-state index in [1.54, 1.807) is 12.0 Å². The normalized spacial score (nSPS) is 18.0. The number of fused-ring (bicyclic) bond motifs is 1. The number of rotatable bonds is 6. The van der Waals surface area contributed by atoms with E-state index in [0.717, 1.165) is 22.5 Å². The Balaban J connectivity index is 1.73. The lowest BCUT2D eigenvalue weighted by molar-refractivity contribution is -0.151. The average molecular weight is 488 g/mol. The van der Waals surface area contributed by atoms with Crippen molar-refractivity contribution in [2.24, 2.45) is 5.10 Å². The first-order valence-corrected chi connectivity index (χ1v) is 12.6. The largest absolute Gasteiger partial charge is 0.472 e. The van der Waals surface area contributed by atoms with Crippen molar-refractivity contribution < 1.29 is 14.3 Å². The van der Waals surface area contributed by atoms with Crippen LogP contribution < -0.4 is 15.3 Å². The minimum Gasteiger partial charge on any atom is -0.472 e. The molecular formula is C30H37N3O3. The fourth-order valence-electron chi connectivity index (χ4n) is 4.14. The summed E-state index contributed by atoms with van der Waals surface area (Å²) in [5.41, 5.74) is 8.08. The van der Waals surface area contributed by atoms with Gasteiger partial charge in [-0.1, -0.05) is 90.1 Å². The lowest BCUT2D eigenvalue weighted by atomic mass is 9.86. The summed E-state index contributed by atoms with van der Waals surface area (Å²) in [7, 11) is 0. The molecule has 0 amide bonds. The van der Waals surface area contributed by atoms with E-state index in [4.69, 9.17) is 14.6 Å². The van der Waals surface area contributed by atoms with Crippen molar-refractivity contribution in [1.29, 1.82) is 0 Å². The van der Waals surface area contributed by atoms with Crippen LogP contribution in [0, 0.1) is 0 Å². The highest BCUT2D eigenvalue weighted by atomic mass is 16.6. The van der Waals surface area contributed by atoms with E-state index in [9.17, 15) is 4.79 Å². The number of ether oxygens (including phenoxy) is 2. The maximum Gasteiger partial charge on any atom is 0.352 e. The van der Waals surface area contributed by atoms with E-state index in [1.807, 2.05) is 54.6 Å². The third-order valence-corrected chi connectivity index (χ3v) is 6.36. The number of benzene rings is 2. The summed E-state index contributed by atoms with van der Waals surface area (Å²) in [5.74, 6) is 0.122. The number of hydrazine groups is 1. The lowest BCUT2D eigenvalue weighted by Crippen LogP contribution is -2.37. The minimum atomic E-state index is -0.907. The van der Waals surface area contributed by atoms with E-state index in [1.165, 1.54) is 5.56 Å². The van der Waals surface area contributed by atoms with Crippen LogP contribution in [-0.2, 0) is 20.4 Å². The molecule has 0 bridgehead atoms. The molecule has 6 heteroatoms. The van der Waals surface area contributed by atoms with Gasteiger partial charge in [0.15, 0.2) is 0 Å². The molecule has 1 N–H and O–H groups in total. The quantitative estimate of drug-likeness (QED) is 0.496. The predicted molar refractivity (Wildman–Crippen MR) is 145 cm³/mol. The van der Waals surface area contributed by atoms with Crippen LogP contribution in [0.1, 0.15) is 71.3 Å². The SMILES string of the molecule is CCOC(=O)C(Oc1ccc(C(C)(C)C)cc1N1N=C2C=CC=CC2N1)c1ccc(C(C)(C)C)cc1. The third-order valence-electron chi connectivity index (χ3n) is 6.36. The summed E-state index contributed by atoms with van der Waals surface area (Å²) in [6.07, 6.45) is 7.12. The van der Waals surface area contributed by atoms with E-state index in [-0.39, 0.29) is 23.5 Å². The van der Waals surface area contributed by atoms with Crippen LogP contribution in [0.25, 0.3) is 0 Å². The first-order valence-electron chi connectivity index (χ1n) is 12.6. The molecule has 0 radical (unpaired) electrons. The Morgan fingerprint density at radius 1 is 1.00 bits per heavy atom. The van der Waals surface area contributed by atoms with Gasteiger partial charge in [-0.25, -0.2) is 4.79 Å². The number of nitrogens with zero attached hydrogens (tertiary/aromatic N) is 2. The smallest absolute Gasteiger partial charge is 0.352 e. The molecule has 0 fully saturated rings. The van der Waals surface area contributed by atoms with E-state index in [2.05, 4.69) is 59.1 Å². The number of carbonyl (C=O) groups is 1. The molecule has 2 atom stereocenters. The average Bonchev–Trinajstić information content (AvgIpc) is 3.26. The molecule has 1 aliphatic heterocycles. The topological polar surface area (TPSA) is 63.2 Å². The number of hydrogen-bond donors (Lipinski definition) is 1. The molecule has 6 nitrogen and oxygen atoms in total. The second-order valence-electron chi connectivity index (χ2n) is 11.2. The highest BCUT2D eigenvalue weighted by Gasteiger charge is 2.31. The molecule has 1 aliphatic carbocycles. The van der Waals surface area contributed by atoms with Gasteiger partial charge in [-0.05, 0) is 47.1 Å². The Labute approximate surface area is 214 Å². The first kappa shape index (κ1) is 25.7. The molecule has 36 heavy (non-hydrogen) atoms.